The van der Waals surface area contributed by atoms with E-state index in [0.29, 0.717) is 27.9 Å². The highest BCUT2D eigenvalue weighted by Crippen LogP contribution is 2.29. The van der Waals surface area contributed by atoms with Crippen LogP contribution in [0.3, 0.4) is 0 Å². The van der Waals surface area contributed by atoms with Crippen molar-refractivity contribution >= 4 is 16.9 Å². The molecule has 1 aromatic carbocycles. The van der Waals surface area contributed by atoms with E-state index in [9.17, 15) is 18.0 Å². The molecule has 152 valence electrons. The molecule has 0 bridgehead atoms. The number of fused-ring (bicyclic) bond motifs is 1. The van der Waals surface area contributed by atoms with Crippen LogP contribution in [0.4, 0.5) is 13.2 Å². The van der Waals surface area contributed by atoms with Gasteiger partial charge in [0, 0.05) is 31.5 Å². The summed E-state index contributed by atoms with van der Waals surface area (Å²) < 4.78 is 40.3. The predicted molar refractivity (Wildman–Crippen MR) is 104 cm³/mol. The van der Waals surface area contributed by atoms with Gasteiger partial charge in [0.1, 0.15) is 0 Å². The number of amides is 1. The maximum atomic E-state index is 12.9. The van der Waals surface area contributed by atoms with Crippen molar-refractivity contribution in [3.05, 3.63) is 77.7 Å². The van der Waals surface area contributed by atoms with Gasteiger partial charge in [-0.1, -0.05) is 12.1 Å². The number of nitrogens with one attached hydrogen (secondary N) is 1. The summed E-state index contributed by atoms with van der Waals surface area (Å²) in [5, 5.41) is 7.40. The molecule has 3 aromatic heterocycles. The first kappa shape index (κ1) is 19.6. The highest BCUT2D eigenvalue weighted by Gasteiger charge is 2.30. The zero-order valence-electron chi connectivity index (χ0n) is 15.8. The molecule has 0 saturated carbocycles. The maximum Gasteiger partial charge on any atom is 0.416 e. The van der Waals surface area contributed by atoms with Crippen LogP contribution in [0.1, 0.15) is 21.5 Å². The SMILES string of the molecule is Cn1ncc2c(C(=O)NCc3cccc(C(F)(F)F)c3)cc(-c3cccnc3)nc21. The summed E-state index contributed by atoms with van der Waals surface area (Å²) in [5.74, 6) is -0.432. The third-order valence-corrected chi connectivity index (χ3v) is 4.61. The van der Waals surface area contributed by atoms with Crippen molar-refractivity contribution in [1.29, 1.82) is 0 Å². The highest BCUT2D eigenvalue weighted by molar-refractivity contribution is 6.06. The lowest BCUT2D eigenvalue weighted by Crippen LogP contribution is -2.23. The summed E-state index contributed by atoms with van der Waals surface area (Å²) in [4.78, 5) is 21.5. The van der Waals surface area contributed by atoms with Crippen molar-refractivity contribution in [2.75, 3.05) is 0 Å². The van der Waals surface area contributed by atoms with Crippen LogP contribution in [0, 0.1) is 0 Å². The van der Waals surface area contributed by atoms with E-state index in [2.05, 4.69) is 20.4 Å². The number of alkyl halides is 3. The quantitative estimate of drug-likeness (QED) is 0.551. The standard InChI is InChI=1S/C21H16F3N5O/c1-29-19-17(12-27-29)16(9-18(28-19)14-5-3-7-25-11-14)20(30)26-10-13-4-2-6-15(8-13)21(22,23)24/h2-9,11-12H,10H2,1H3,(H,26,30). The molecule has 0 unspecified atom stereocenters. The Morgan fingerprint density at radius 2 is 1.97 bits per heavy atom. The molecule has 6 nitrogen and oxygen atoms in total. The second kappa shape index (κ2) is 7.58. The summed E-state index contributed by atoms with van der Waals surface area (Å²) in [6.45, 7) is -0.0466. The van der Waals surface area contributed by atoms with Crippen molar-refractivity contribution in [2.24, 2.45) is 7.05 Å². The van der Waals surface area contributed by atoms with Gasteiger partial charge >= 0.3 is 6.18 Å². The number of hydrogen-bond donors (Lipinski definition) is 1. The Balaban J connectivity index is 1.65. The zero-order valence-corrected chi connectivity index (χ0v) is 15.8. The Morgan fingerprint density at radius 1 is 1.13 bits per heavy atom. The van der Waals surface area contributed by atoms with Crippen molar-refractivity contribution in [3.8, 4) is 11.3 Å². The molecule has 4 aromatic rings. The van der Waals surface area contributed by atoms with Gasteiger partial charge in [-0.05, 0) is 35.9 Å². The van der Waals surface area contributed by atoms with Crippen molar-refractivity contribution in [2.45, 2.75) is 12.7 Å². The molecular formula is C21H16F3N5O. The average Bonchev–Trinajstić information content (AvgIpc) is 3.12. The molecule has 1 amide bonds. The van der Waals surface area contributed by atoms with Gasteiger partial charge in [-0.2, -0.15) is 18.3 Å². The third-order valence-electron chi connectivity index (χ3n) is 4.61. The first-order valence-electron chi connectivity index (χ1n) is 9.00. The lowest BCUT2D eigenvalue weighted by molar-refractivity contribution is -0.137. The van der Waals surface area contributed by atoms with Crippen molar-refractivity contribution in [3.63, 3.8) is 0 Å². The predicted octanol–water partition coefficient (Wildman–Crippen LogP) is 3.98. The lowest BCUT2D eigenvalue weighted by atomic mass is 10.1. The summed E-state index contributed by atoms with van der Waals surface area (Å²) in [5.41, 5.74) is 1.71. The fourth-order valence-electron chi connectivity index (χ4n) is 3.10. The van der Waals surface area contributed by atoms with E-state index in [-0.39, 0.29) is 6.54 Å². The molecule has 0 saturated heterocycles. The average molecular weight is 411 g/mol. The number of benzene rings is 1. The van der Waals surface area contributed by atoms with Crippen LogP contribution in [-0.2, 0) is 19.8 Å². The van der Waals surface area contributed by atoms with Gasteiger partial charge < -0.3 is 5.32 Å². The first-order chi connectivity index (χ1) is 14.3. The molecule has 0 aliphatic heterocycles. The molecule has 1 N–H and O–H groups in total. The van der Waals surface area contributed by atoms with Crippen molar-refractivity contribution in [1.82, 2.24) is 25.1 Å². The van der Waals surface area contributed by atoms with Crippen LogP contribution < -0.4 is 5.32 Å². The van der Waals surface area contributed by atoms with Crippen LogP contribution >= 0.6 is 0 Å². The summed E-state index contributed by atoms with van der Waals surface area (Å²) >= 11 is 0. The van der Waals surface area contributed by atoms with Crippen LogP contribution in [-0.4, -0.2) is 25.7 Å². The number of carbonyl (C=O) groups excluding carboxylic acids is 1. The third kappa shape index (κ3) is 3.86. The molecule has 3 heterocycles. The number of carbonyl (C=O) groups is 1. The van der Waals surface area contributed by atoms with E-state index in [1.807, 2.05) is 6.07 Å². The first-order valence-corrected chi connectivity index (χ1v) is 9.00. The number of halogens is 3. The normalized spacial score (nSPS) is 11.6. The maximum absolute atomic E-state index is 12.9. The molecule has 0 atom stereocenters. The zero-order chi connectivity index (χ0) is 21.3. The minimum atomic E-state index is -4.44. The molecule has 9 heteroatoms. The van der Waals surface area contributed by atoms with E-state index in [4.69, 9.17) is 0 Å². The van der Waals surface area contributed by atoms with E-state index in [1.54, 1.807) is 36.3 Å². The fraction of sp³-hybridized carbons (Fsp3) is 0.143. The van der Waals surface area contributed by atoms with Gasteiger partial charge in [0.15, 0.2) is 5.65 Å². The number of pyridine rings is 2. The number of aryl methyl sites for hydroxylation is 1. The van der Waals surface area contributed by atoms with Gasteiger partial charge in [-0.15, -0.1) is 0 Å². The Kier molecular flexibility index (Phi) is 4.94. The van der Waals surface area contributed by atoms with E-state index >= 15 is 0 Å². The topological polar surface area (TPSA) is 72.7 Å². The molecule has 30 heavy (non-hydrogen) atoms. The van der Waals surface area contributed by atoms with Gasteiger partial charge in [-0.25, -0.2) is 4.98 Å². The van der Waals surface area contributed by atoms with E-state index < -0.39 is 17.6 Å². The van der Waals surface area contributed by atoms with Crippen LogP contribution in [0.25, 0.3) is 22.3 Å². The number of nitrogens with zero attached hydrogens (tertiary/aromatic N) is 4. The molecule has 0 radical (unpaired) electrons. The molecule has 0 fully saturated rings. The van der Waals surface area contributed by atoms with Gasteiger partial charge in [0.05, 0.1) is 28.4 Å². The van der Waals surface area contributed by atoms with Gasteiger partial charge in [0.2, 0.25) is 0 Å². The summed E-state index contributed by atoms with van der Waals surface area (Å²) in [6, 6.07) is 10.1. The Labute approximate surface area is 169 Å². The van der Waals surface area contributed by atoms with Gasteiger partial charge in [0.25, 0.3) is 5.91 Å². The smallest absolute Gasteiger partial charge is 0.348 e. The van der Waals surface area contributed by atoms with Crippen LogP contribution in [0.15, 0.2) is 61.1 Å². The van der Waals surface area contributed by atoms with Gasteiger partial charge in [-0.3, -0.25) is 14.5 Å². The Hall–Kier alpha value is -3.75. The number of rotatable bonds is 4. The highest BCUT2D eigenvalue weighted by atomic mass is 19.4. The molecule has 4 rings (SSSR count). The van der Waals surface area contributed by atoms with Crippen LogP contribution in [0.2, 0.25) is 0 Å². The number of aromatic nitrogens is 4. The minimum Gasteiger partial charge on any atom is -0.348 e. The van der Waals surface area contributed by atoms with E-state index in [1.165, 1.54) is 18.3 Å². The van der Waals surface area contributed by atoms with Crippen molar-refractivity contribution < 1.29 is 18.0 Å². The summed E-state index contributed by atoms with van der Waals surface area (Å²) in [6.07, 6.45) is 0.365. The molecule has 0 spiro atoms. The minimum absolute atomic E-state index is 0.0466. The largest absolute Gasteiger partial charge is 0.416 e. The van der Waals surface area contributed by atoms with Crippen LogP contribution in [0.5, 0.6) is 0 Å². The summed E-state index contributed by atoms with van der Waals surface area (Å²) in [7, 11) is 1.71. The number of hydrogen-bond acceptors (Lipinski definition) is 4. The second-order valence-electron chi connectivity index (χ2n) is 6.68. The molecule has 0 aliphatic rings. The molecular weight excluding hydrogens is 395 g/mol. The Morgan fingerprint density at radius 3 is 2.70 bits per heavy atom. The molecule has 0 aliphatic carbocycles. The van der Waals surface area contributed by atoms with E-state index in [0.717, 1.165) is 17.7 Å². The second-order valence-corrected chi connectivity index (χ2v) is 6.68. The fourth-order valence-corrected chi connectivity index (χ4v) is 3.10. The lowest BCUT2D eigenvalue weighted by Gasteiger charge is -2.11. The monoisotopic (exact) mass is 411 g/mol. The Bertz CT molecular complexity index is 1220.